The van der Waals surface area contributed by atoms with Crippen LogP contribution in [0.1, 0.15) is 0 Å². The van der Waals surface area contributed by atoms with Crippen LogP contribution in [0.2, 0.25) is 0 Å². The summed E-state index contributed by atoms with van der Waals surface area (Å²) >= 11 is 0. The Hall–Kier alpha value is -2.96. The SMILES string of the molecule is Nc1cccc(Oc2cc(-c3ncn[nH]3)ncn2)c1. The van der Waals surface area contributed by atoms with Gasteiger partial charge in [-0.2, -0.15) is 5.10 Å². The number of nitrogens with one attached hydrogen (secondary N) is 1. The molecule has 7 heteroatoms. The summed E-state index contributed by atoms with van der Waals surface area (Å²) in [5.41, 5.74) is 6.91. The van der Waals surface area contributed by atoms with E-state index >= 15 is 0 Å². The Morgan fingerprint density at radius 3 is 2.79 bits per heavy atom. The highest BCUT2D eigenvalue weighted by molar-refractivity contribution is 5.50. The number of nitrogen functional groups attached to an aromatic ring is 1. The fraction of sp³-hybridized carbons (Fsp3) is 0. The zero-order valence-corrected chi connectivity index (χ0v) is 9.82. The lowest BCUT2D eigenvalue weighted by atomic mass is 10.3. The number of H-pyrrole nitrogens is 1. The number of ether oxygens (including phenoxy) is 1. The molecule has 0 bridgehead atoms. The van der Waals surface area contributed by atoms with Crippen LogP contribution in [0.15, 0.2) is 43.0 Å². The van der Waals surface area contributed by atoms with Crippen LogP contribution < -0.4 is 10.5 Å². The summed E-state index contributed by atoms with van der Waals surface area (Å²) in [5.74, 6) is 1.58. The van der Waals surface area contributed by atoms with Crippen molar-refractivity contribution in [3.8, 4) is 23.1 Å². The molecule has 0 spiro atoms. The van der Waals surface area contributed by atoms with Crippen molar-refractivity contribution in [3.63, 3.8) is 0 Å². The number of aromatic nitrogens is 5. The van der Waals surface area contributed by atoms with E-state index in [1.54, 1.807) is 24.3 Å². The predicted molar refractivity (Wildman–Crippen MR) is 68.3 cm³/mol. The van der Waals surface area contributed by atoms with E-state index in [4.69, 9.17) is 10.5 Å². The van der Waals surface area contributed by atoms with Gasteiger partial charge in [0.25, 0.3) is 0 Å². The lowest BCUT2D eigenvalue weighted by molar-refractivity contribution is 0.462. The molecule has 0 saturated carbocycles. The highest BCUT2D eigenvalue weighted by Gasteiger charge is 2.06. The second kappa shape index (κ2) is 4.73. The number of nitrogens with two attached hydrogens (primary N) is 1. The maximum Gasteiger partial charge on any atom is 0.222 e. The van der Waals surface area contributed by atoms with Crippen LogP contribution >= 0.6 is 0 Å². The molecule has 0 aliphatic rings. The van der Waals surface area contributed by atoms with E-state index in [0.717, 1.165) is 0 Å². The number of hydrogen-bond acceptors (Lipinski definition) is 6. The van der Waals surface area contributed by atoms with Gasteiger partial charge >= 0.3 is 0 Å². The second-order valence-electron chi connectivity index (χ2n) is 3.75. The molecule has 0 atom stereocenters. The van der Waals surface area contributed by atoms with Crippen molar-refractivity contribution in [3.05, 3.63) is 43.0 Å². The molecule has 3 N–H and O–H groups in total. The molecular weight excluding hydrogens is 244 g/mol. The van der Waals surface area contributed by atoms with Crippen LogP contribution in [0.3, 0.4) is 0 Å². The van der Waals surface area contributed by atoms with Crippen LogP contribution in [0, 0.1) is 0 Å². The smallest absolute Gasteiger partial charge is 0.222 e. The minimum atomic E-state index is 0.409. The molecule has 0 aliphatic heterocycles. The summed E-state index contributed by atoms with van der Waals surface area (Å²) in [5, 5.41) is 6.50. The monoisotopic (exact) mass is 254 g/mol. The molecule has 2 heterocycles. The number of nitrogens with zero attached hydrogens (tertiary/aromatic N) is 4. The first-order valence-electron chi connectivity index (χ1n) is 5.52. The van der Waals surface area contributed by atoms with Crippen LogP contribution in [-0.2, 0) is 0 Å². The molecule has 1 aromatic carbocycles. The molecule has 0 radical (unpaired) electrons. The summed E-state index contributed by atoms with van der Waals surface area (Å²) in [6.45, 7) is 0. The van der Waals surface area contributed by atoms with Crippen molar-refractivity contribution in [2.24, 2.45) is 0 Å². The Morgan fingerprint density at radius 2 is 2.00 bits per heavy atom. The highest BCUT2D eigenvalue weighted by Crippen LogP contribution is 2.23. The Balaban J connectivity index is 1.88. The molecule has 3 rings (SSSR count). The molecule has 3 aromatic rings. The zero-order chi connectivity index (χ0) is 13.1. The van der Waals surface area contributed by atoms with Gasteiger partial charge in [-0.25, -0.2) is 15.0 Å². The average Bonchev–Trinajstić information content (AvgIpc) is 2.93. The molecule has 0 amide bonds. The van der Waals surface area contributed by atoms with Gasteiger partial charge in [0, 0.05) is 17.8 Å². The van der Waals surface area contributed by atoms with Gasteiger partial charge in [0.1, 0.15) is 24.1 Å². The standard InChI is InChI=1S/C12H10N6O/c13-8-2-1-3-9(4-8)19-11-5-10(14-6-15-11)12-16-7-17-18-12/h1-7H,13H2,(H,16,17,18). The van der Waals surface area contributed by atoms with Crippen molar-refractivity contribution in [1.29, 1.82) is 0 Å². The third-order valence-corrected chi connectivity index (χ3v) is 2.38. The molecule has 0 unspecified atom stereocenters. The first-order chi connectivity index (χ1) is 9.31. The Morgan fingerprint density at radius 1 is 1.05 bits per heavy atom. The minimum absolute atomic E-state index is 0.409. The lowest BCUT2D eigenvalue weighted by Gasteiger charge is -2.05. The molecule has 0 fully saturated rings. The van der Waals surface area contributed by atoms with Gasteiger partial charge in [0.2, 0.25) is 5.88 Å². The Labute approximate surface area is 108 Å². The molecule has 7 nitrogen and oxygen atoms in total. The van der Waals surface area contributed by atoms with Gasteiger partial charge in [-0.15, -0.1) is 0 Å². The van der Waals surface area contributed by atoms with Crippen molar-refractivity contribution in [2.75, 3.05) is 5.73 Å². The Bertz CT molecular complexity index is 682. The molecule has 94 valence electrons. The first kappa shape index (κ1) is 11.1. The van der Waals surface area contributed by atoms with Gasteiger partial charge in [0.05, 0.1) is 0 Å². The van der Waals surface area contributed by atoms with Crippen LogP contribution in [0.5, 0.6) is 11.6 Å². The number of anilines is 1. The van der Waals surface area contributed by atoms with Crippen molar-refractivity contribution < 1.29 is 4.74 Å². The maximum absolute atomic E-state index is 5.68. The topological polar surface area (TPSA) is 103 Å². The predicted octanol–water partition coefficient (Wildman–Crippen LogP) is 1.64. The van der Waals surface area contributed by atoms with Crippen LogP contribution in [0.25, 0.3) is 11.5 Å². The first-order valence-corrected chi connectivity index (χ1v) is 5.52. The minimum Gasteiger partial charge on any atom is -0.439 e. The number of aromatic amines is 1. The number of hydrogen-bond donors (Lipinski definition) is 2. The lowest BCUT2D eigenvalue weighted by Crippen LogP contribution is -1.93. The fourth-order valence-corrected chi connectivity index (χ4v) is 1.55. The van der Waals surface area contributed by atoms with Crippen LogP contribution in [-0.4, -0.2) is 25.1 Å². The summed E-state index contributed by atoms with van der Waals surface area (Å²) in [4.78, 5) is 12.1. The maximum atomic E-state index is 5.68. The van der Waals surface area contributed by atoms with Gasteiger partial charge in [-0.3, -0.25) is 5.10 Å². The number of rotatable bonds is 3. The summed E-state index contributed by atoms with van der Waals surface area (Å²) in [6, 6.07) is 8.78. The highest BCUT2D eigenvalue weighted by atomic mass is 16.5. The summed E-state index contributed by atoms with van der Waals surface area (Å²) < 4.78 is 5.60. The van der Waals surface area contributed by atoms with E-state index in [1.807, 2.05) is 6.07 Å². The van der Waals surface area contributed by atoms with Gasteiger partial charge in [-0.05, 0) is 12.1 Å². The molecule has 19 heavy (non-hydrogen) atoms. The van der Waals surface area contributed by atoms with E-state index in [-0.39, 0.29) is 0 Å². The third-order valence-electron chi connectivity index (χ3n) is 2.38. The normalized spacial score (nSPS) is 10.3. The molecule has 0 saturated heterocycles. The van der Waals surface area contributed by atoms with Gasteiger partial charge < -0.3 is 10.5 Å². The van der Waals surface area contributed by atoms with E-state index < -0.39 is 0 Å². The van der Waals surface area contributed by atoms with Crippen molar-refractivity contribution in [2.45, 2.75) is 0 Å². The zero-order valence-electron chi connectivity index (χ0n) is 9.82. The third kappa shape index (κ3) is 2.49. The fourth-order valence-electron chi connectivity index (χ4n) is 1.55. The van der Waals surface area contributed by atoms with Gasteiger partial charge in [0.15, 0.2) is 5.82 Å². The van der Waals surface area contributed by atoms with Crippen molar-refractivity contribution >= 4 is 5.69 Å². The number of benzene rings is 1. The van der Waals surface area contributed by atoms with Crippen LogP contribution in [0.4, 0.5) is 5.69 Å². The summed E-state index contributed by atoms with van der Waals surface area (Å²) in [7, 11) is 0. The molecule has 0 aliphatic carbocycles. The Kier molecular flexibility index (Phi) is 2.77. The van der Waals surface area contributed by atoms with Crippen molar-refractivity contribution in [1.82, 2.24) is 25.1 Å². The summed E-state index contributed by atoms with van der Waals surface area (Å²) in [6.07, 6.45) is 2.81. The molecular formula is C12H10N6O. The van der Waals surface area contributed by atoms with E-state index in [1.165, 1.54) is 12.7 Å². The van der Waals surface area contributed by atoms with Gasteiger partial charge in [-0.1, -0.05) is 6.07 Å². The molecule has 2 aromatic heterocycles. The van der Waals surface area contributed by atoms with E-state index in [2.05, 4.69) is 25.1 Å². The quantitative estimate of drug-likeness (QED) is 0.689. The second-order valence-corrected chi connectivity index (χ2v) is 3.75. The average molecular weight is 254 g/mol. The van der Waals surface area contributed by atoms with E-state index in [9.17, 15) is 0 Å². The largest absolute Gasteiger partial charge is 0.439 e. The van der Waals surface area contributed by atoms with E-state index in [0.29, 0.717) is 28.8 Å².